The minimum absolute atomic E-state index is 0.00364. The predicted octanol–water partition coefficient (Wildman–Crippen LogP) is 1.49. The Kier molecular flexibility index (Phi) is 4.22. The molecule has 0 unspecified atom stereocenters. The van der Waals surface area contributed by atoms with Crippen LogP contribution in [0.5, 0.6) is 0 Å². The van der Waals surface area contributed by atoms with Crippen molar-refractivity contribution in [1.82, 2.24) is 4.90 Å². The molecule has 1 aromatic rings. The van der Waals surface area contributed by atoms with Crippen LogP contribution in [-0.4, -0.2) is 35.1 Å². The molecule has 2 rings (SSSR count). The molecule has 20 heavy (non-hydrogen) atoms. The van der Waals surface area contributed by atoms with Crippen LogP contribution in [0.2, 0.25) is 0 Å². The number of morpholine rings is 1. The highest BCUT2D eigenvalue weighted by Gasteiger charge is 2.31. The summed E-state index contributed by atoms with van der Waals surface area (Å²) in [7, 11) is 0. The van der Waals surface area contributed by atoms with Crippen molar-refractivity contribution in [2.24, 2.45) is 5.84 Å². The van der Waals surface area contributed by atoms with Gasteiger partial charge in [-0.2, -0.15) is 0 Å². The van der Waals surface area contributed by atoms with E-state index in [1.807, 2.05) is 6.07 Å². The minimum Gasteiger partial charge on any atom is -0.378 e. The molecule has 110 valence electrons. The Bertz CT molecular complexity index is 504. The molecule has 3 N–H and O–H groups in total. The molecule has 1 fully saturated rings. The third kappa shape index (κ3) is 2.90. The number of hydrogen-bond acceptors (Lipinski definition) is 6. The van der Waals surface area contributed by atoms with Gasteiger partial charge in [0.05, 0.1) is 18.1 Å². The number of para-hydroxylation sites is 1. The van der Waals surface area contributed by atoms with Crippen molar-refractivity contribution in [3.8, 4) is 0 Å². The first-order chi connectivity index (χ1) is 9.45. The van der Waals surface area contributed by atoms with Gasteiger partial charge in [0.25, 0.3) is 5.69 Å². The number of anilines is 1. The number of rotatable bonds is 4. The highest BCUT2D eigenvalue weighted by atomic mass is 16.6. The average Bonchev–Trinajstić information content (AvgIpc) is 2.40. The average molecular weight is 280 g/mol. The maximum absolute atomic E-state index is 11.0. The summed E-state index contributed by atoms with van der Waals surface area (Å²) in [6.07, 6.45) is 0. The van der Waals surface area contributed by atoms with E-state index in [1.165, 1.54) is 6.07 Å². The molecule has 7 heteroatoms. The third-order valence-corrected chi connectivity index (χ3v) is 3.65. The summed E-state index contributed by atoms with van der Waals surface area (Å²) in [5.41, 5.74) is 3.55. The van der Waals surface area contributed by atoms with E-state index in [4.69, 9.17) is 10.6 Å². The second-order valence-corrected chi connectivity index (χ2v) is 5.50. The van der Waals surface area contributed by atoms with Crippen molar-refractivity contribution in [3.63, 3.8) is 0 Å². The van der Waals surface area contributed by atoms with Crippen LogP contribution >= 0.6 is 0 Å². The minimum atomic E-state index is -0.427. The van der Waals surface area contributed by atoms with Crippen molar-refractivity contribution < 1.29 is 9.66 Å². The van der Waals surface area contributed by atoms with Crippen LogP contribution in [-0.2, 0) is 11.3 Å². The molecule has 1 aliphatic heterocycles. The number of nitrogen functional groups attached to an aromatic ring is 1. The van der Waals surface area contributed by atoms with Gasteiger partial charge in [0.2, 0.25) is 0 Å². The zero-order valence-corrected chi connectivity index (χ0v) is 11.8. The van der Waals surface area contributed by atoms with Gasteiger partial charge in [-0.3, -0.25) is 20.9 Å². The van der Waals surface area contributed by atoms with Gasteiger partial charge in [0.1, 0.15) is 5.69 Å². The van der Waals surface area contributed by atoms with Crippen LogP contribution in [0.25, 0.3) is 0 Å². The van der Waals surface area contributed by atoms with E-state index in [9.17, 15) is 10.1 Å². The number of benzene rings is 1. The van der Waals surface area contributed by atoms with Gasteiger partial charge in [0.15, 0.2) is 0 Å². The standard InChI is InChI=1S/C13H20N4O3/c1-13(2)9-20-7-6-16(13)8-10-4-3-5-11(17(18)19)12(10)15-14/h3-5,15H,6-9,14H2,1-2H3. The number of hydrogen-bond donors (Lipinski definition) is 2. The molecule has 0 bridgehead atoms. The van der Waals surface area contributed by atoms with E-state index in [1.54, 1.807) is 6.07 Å². The molecule has 0 radical (unpaired) electrons. The van der Waals surface area contributed by atoms with E-state index >= 15 is 0 Å². The zero-order valence-electron chi connectivity index (χ0n) is 11.8. The summed E-state index contributed by atoms with van der Waals surface area (Å²) in [4.78, 5) is 12.8. The van der Waals surface area contributed by atoms with E-state index in [0.29, 0.717) is 25.4 Å². The van der Waals surface area contributed by atoms with Crippen LogP contribution in [0.15, 0.2) is 18.2 Å². The molecule has 0 saturated carbocycles. The van der Waals surface area contributed by atoms with Crippen molar-refractivity contribution in [2.75, 3.05) is 25.2 Å². The van der Waals surface area contributed by atoms with Gasteiger partial charge >= 0.3 is 0 Å². The van der Waals surface area contributed by atoms with Gasteiger partial charge in [-0.25, -0.2) is 0 Å². The fourth-order valence-corrected chi connectivity index (χ4v) is 2.43. The molecule has 0 amide bonds. The van der Waals surface area contributed by atoms with Gasteiger partial charge in [-0.15, -0.1) is 0 Å². The highest BCUT2D eigenvalue weighted by molar-refractivity contribution is 5.65. The Balaban J connectivity index is 2.29. The number of nitro benzene ring substituents is 1. The molecule has 0 atom stereocenters. The van der Waals surface area contributed by atoms with E-state index in [2.05, 4.69) is 24.2 Å². The molecule has 1 aromatic carbocycles. The van der Waals surface area contributed by atoms with Gasteiger partial charge in [0, 0.05) is 24.7 Å². The monoisotopic (exact) mass is 280 g/mol. The fraction of sp³-hybridized carbons (Fsp3) is 0.538. The second-order valence-electron chi connectivity index (χ2n) is 5.50. The predicted molar refractivity (Wildman–Crippen MR) is 76.2 cm³/mol. The molecule has 1 heterocycles. The van der Waals surface area contributed by atoms with Crippen LogP contribution in [0.4, 0.5) is 11.4 Å². The molecule has 0 aliphatic carbocycles. The summed E-state index contributed by atoms with van der Waals surface area (Å²) < 4.78 is 5.48. The lowest BCUT2D eigenvalue weighted by atomic mass is 10.0. The number of hydrazine groups is 1. The molecule has 0 aromatic heterocycles. The maximum atomic E-state index is 11.0. The number of nitrogens with one attached hydrogen (secondary N) is 1. The first-order valence-electron chi connectivity index (χ1n) is 6.51. The van der Waals surface area contributed by atoms with E-state index in [-0.39, 0.29) is 11.2 Å². The van der Waals surface area contributed by atoms with Crippen molar-refractivity contribution in [3.05, 3.63) is 33.9 Å². The van der Waals surface area contributed by atoms with Crippen molar-refractivity contribution >= 4 is 11.4 Å². The topological polar surface area (TPSA) is 93.7 Å². The Morgan fingerprint density at radius 2 is 2.30 bits per heavy atom. The summed E-state index contributed by atoms with van der Waals surface area (Å²) in [5.74, 6) is 5.46. The van der Waals surface area contributed by atoms with E-state index in [0.717, 1.165) is 12.1 Å². The van der Waals surface area contributed by atoms with Gasteiger partial charge < -0.3 is 10.2 Å². The van der Waals surface area contributed by atoms with Gasteiger partial charge in [-0.05, 0) is 19.4 Å². The van der Waals surface area contributed by atoms with E-state index < -0.39 is 4.92 Å². The van der Waals surface area contributed by atoms with Crippen LogP contribution in [0.3, 0.4) is 0 Å². The maximum Gasteiger partial charge on any atom is 0.293 e. The van der Waals surface area contributed by atoms with Gasteiger partial charge in [-0.1, -0.05) is 12.1 Å². The molecular weight excluding hydrogens is 260 g/mol. The van der Waals surface area contributed by atoms with Crippen molar-refractivity contribution in [2.45, 2.75) is 25.9 Å². The Hall–Kier alpha value is -1.70. The van der Waals surface area contributed by atoms with Crippen LogP contribution in [0, 0.1) is 10.1 Å². The number of nitrogens with two attached hydrogens (primary N) is 1. The smallest absolute Gasteiger partial charge is 0.293 e. The fourth-order valence-electron chi connectivity index (χ4n) is 2.43. The third-order valence-electron chi connectivity index (χ3n) is 3.65. The summed E-state index contributed by atoms with van der Waals surface area (Å²) in [5, 5.41) is 11.0. The molecule has 1 aliphatic rings. The Morgan fingerprint density at radius 1 is 1.55 bits per heavy atom. The largest absolute Gasteiger partial charge is 0.378 e. The Labute approximate surface area is 117 Å². The first kappa shape index (κ1) is 14.7. The highest BCUT2D eigenvalue weighted by Crippen LogP contribution is 2.30. The molecular formula is C13H20N4O3. The van der Waals surface area contributed by atoms with Crippen molar-refractivity contribution in [1.29, 1.82) is 0 Å². The number of ether oxygens (including phenoxy) is 1. The summed E-state index contributed by atoms with van der Waals surface area (Å²) in [6.45, 7) is 6.90. The summed E-state index contributed by atoms with van der Waals surface area (Å²) >= 11 is 0. The number of nitrogens with zero attached hydrogens (tertiary/aromatic N) is 2. The quantitative estimate of drug-likeness (QED) is 0.493. The van der Waals surface area contributed by atoms with Crippen LogP contribution < -0.4 is 11.3 Å². The Morgan fingerprint density at radius 3 is 2.90 bits per heavy atom. The summed E-state index contributed by atoms with van der Waals surface area (Å²) in [6, 6.07) is 4.98. The lowest BCUT2D eigenvalue weighted by Crippen LogP contribution is -2.52. The lowest BCUT2D eigenvalue weighted by Gasteiger charge is -2.42. The lowest BCUT2D eigenvalue weighted by molar-refractivity contribution is -0.384. The molecule has 0 spiro atoms. The van der Waals surface area contributed by atoms with Crippen LogP contribution in [0.1, 0.15) is 19.4 Å². The second kappa shape index (κ2) is 5.74. The molecule has 1 saturated heterocycles. The number of nitro groups is 1. The SMILES string of the molecule is CC1(C)COCCN1Cc1cccc([N+](=O)[O-])c1NN. The molecule has 7 nitrogen and oxygen atoms in total. The normalized spacial score (nSPS) is 18.8. The first-order valence-corrected chi connectivity index (χ1v) is 6.51. The zero-order chi connectivity index (χ0) is 14.8.